The third-order valence-corrected chi connectivity index (χ3v) is 3.64. The minimum Gasteiger partial charge on any atom is -0.469 e. The summed E-state index contributed by atoms with van der Waals surface area (Å²) < 4.78 is 9.96. The Kier molecular flexibility index (Phi) is 6.45. The standard InChI is InChI=1S/C16H29N3O5/c1-15(2,3)24-14(22)19-10-9-18(11-16(19,4)5)13(21)17-8-7-12(20)23-6/h7-11H2,1-6H3,(H,17,21). The van der Waals surface area contributed by atoms with Crippen molar-refractivity contribution >= 4 is 18.1 Å². The van der Waals surface area contributed by atoms with Gasteiger partial charge in [-0.3, -0.25) is 9.69 Å². The van der Waals surface area contributed by atoms with Crippen molar-refractivity contribution in [2.45, 2.75) is 52.2 Å². The highest BCUT2D eigenvalue weighted by molar-refractivity contribution is 5.76. The largest absolute Gasteiger partial charge is 0.469 e. The molecule has 1 N–H and O–H groups in total. The molecule has 1 aliphatic rings. The Morgan fingerprint density at radius 3 is 2.29 bits per heavy atom. The average molecular weight is 343 g/mol. The molecular weight excluding hydrogens is 314 g/mol. The van der Waals surface area contributed by atoms with Gasteiger partial charge < -0.3 is 19.7 Å². The first-order chi connectivity index (χ1) is 11.0. The quantitative estimate of drug-likeness (QED) is 0.786. The number of nitrogens with zero attached hydrogens (tertiary/aromatic N) is 2. The summed E-state index contributed by atoms with van der Waals surface area (Å²) in [7, 11) is 1.31. The zero-order valence-corrected chi connectivity index (χ0v) is 15.5. The molecule has 8 heteroatoms. The van der Waals surface area contributed by atoms with E-state index in [0.717, 1.165) is 0 Å². The molecule has 8 nitrogen and oxygen atoms in total. The highest BCUT2D eigenvalue weighted by atomic mass is 16.6. The van der Waals surface area contributed by atoms with Crippen molar-refractivity contribution in [3.8, 4) is 0 Å². The van der Waals surface area contributed by atoms with Gasteiger partial charge in [0.25, 0.3) is 0 Å². The number of carbonyl (C=O) groups excluding carboxylic acids is 3. The summed E-state index contributed by atoms with van der Waals surface area (Å²) >= 11 is 0. The van der Waals surface area contributed by atoms with Gasteiger partial charge in [-0.1, -0.05) is 0 Å². The number of ether oxygens (including phenoxy) is 2. The van der Waals surface area contributed by atoms with E-state index in [-0.39, 0.29) is 31.1 Å². The number of nitrogens with one attached hydrogen (secondary N) is 1. The number of rotatable bonds is 3. The topological polar surface area (TPSA) is 88.2 Å². The zero-order chi connectivity index (χ0) is 18.5. The van der Waals surface area contributed by atoms with Gasteiger partial charge in [-0.2, -0.15) is 0 Å². The van der Waals surface area contributed by atoms with Crippen LogP contribution in [0.15, 0.2) is 0 Å². The summed E-state index contributed by atoms with van der Waals surface area (Å²) in [6, 6.07) is -0.254. The van der Waals surface area contributed by atoms with Gasteiger partial charge in [-0.05, 0) is 34.6 Å². The smallest absolute Gasteiger partial charge is 0.410 e. The predicted octanol–water partition coefficient (Wildman–Crippen LogP) is 1.59. The second-order valence-electron chi connectivity index (χ2n) is 7.42. The van der Waals surface area contributed by atoms with Gasteiger partial charge in [0.1, 0.15) is 5.60 Å². The van der Waals surface area contributed by atoms with Crippen molar-refractivity contribution in [3.63, 3.8) is 0 Å². The second kappa shape index (κ2) is 7.72. The summed E-state index contributed by atoms with van der Waals surface area (Å²) in [5.74, 6) is -0.370. The number of amides is 3. The van der Waals surface area contributed by atoms with Crippen molar-refractivity contribution < 1.29 is 23.9 Å². The van der Waals surface area contributed by atoms with E-state index in [4.69, 9.17) is 4.74 Å². The van der Waals surface area contributed by atoms with Crippen LogP contribution >= 0.6 is 0 Å². The minimum absolute atomic E-state index is 0.128. The zero-order valence-electron chi connectivity index (χ0n) is 15.5. The Bertz CT molecular complexity index is 485. The molecule has 3 amide bonds. The lowest BCUT2D eigenvalue weighted by molar-refractivity contribution is -0.140. The van der Waals surface area contributed by atoms with E-state index >= 15 is 0 Å². The fourth-order valence-electron chi connectivity index (χ4n) is 2.47. The molecule has 0 aromatic carbocycles. The molecule has 0 saturated carbocycles. The van der Waals surface area contributed by atoms with E-state index in [1.807, 2.05) is 34.6 Å². The van der Waals surface area contributed by atoms with Crippen LogP contribution in [0.5, 0.6) is 0 Å². The lowest BCUT2D eigenvalue weighted by atomic mass is 9.99. The summed E-state index contributed by atoms with van der Waals surface area (Å²) in [5, 5.41) is 2.69. The van der Waals surface area contributed by atoms with Crippen LogP contribution in [0.1, 0.15) is 41.0 Å². The lowest BCUT2D eigenvalue weighted by Crippen LogP contribution is -2.63. The number of carbonyl (C=O) groups is 3. The molecule has 1 heterocycles. The first-order valence-electron chi connectivity index (χ1n) is 8.06. The molecule has 24 heavy (non-hydrogen) atoms. The number of urea groups is 1. The number of hydrogen-bond acceptors (Lipinski definition) is 5. The van der Waals surface area contributed by atoms with Gasteiger partial charge in [0.2, 0.25) is 0 Å². The molecule has 1 rings (SSSR count). The number of methoxy groups -OCH3 is 1. The Hall–Kier alpha value is -1.99. The Morgan fingerprint density at radius 2 is 1.79 bits per heavy atom. The molecule has 0 bridgehead atoms. The van der Waals surface area contributed by atoms with Gasteiger partial charge in [0.05, 0.1) is 19.1 Å². The molecule has 1 fully saturated rings. The third-order valence-electron chi connectivity index (χ3n) is 3.64. The molecule has 0 spiro atoms. The monoisotopic (exact) mass is 343 g/mol. The lowest BCUT2D eigenvalue weighted by Gasteiger charge is -2.46. The first-order valence-corrected chi connectivity index (χ1v) is 8.06. The molecule has 0 aliphatic carbocycles. The second-order valence-corrected chi connectivity index (χ2v) is 7.42. The van der Waals surface area contributed by atoms with Crippen molar-refractivity contribution in [2.24, 2.45) is 0 Å². The number of esters is 1. The van der Waals surface area contributed by atoms with E-state index in [2.05, 4.69) is 10.1 Å². The molecule has 0 aromatic heterocycles. The summed E-state index contributed by atoms with van der Waals surface area (Å²) in [4.78, 5) is 38.9. The van der Waals surface area contributed by atoms with E-state index < -0.39 is 11.1 Å². The highest BCUT2D eigenvalue weighted by Crippen LogP contribution is 2.23. The Morgan fingerprint density at radius 1 is 1.17 bits per heavy atom. The van der Waals surface area contributed by atoms with Crippen LogP contribution in [0.3, 0.4) is 0 Å². The summed E-state index contributed by atoms with van der Waals surface area (Å²) in [6.07, 6.45) is -0.248. The normalized spacial score (nSPS) is 17.2. The van der Waals surface area contributed by atoms with Crippen LogP contribution in [0.2, 0.25) is 0 Å². The van der Waals surface area contributed by atoms with Gasteiger partial charge in [-0.15, -0.1) is 0 Å². The predicted molar refractivity (Wildman–Crippen MR) is 88.6 cm³/mol. The maximum absolute atomic E-state index is 12.3. The third kappa shape index (κ3) is 5.90. The van der Waals surface area contributed by atoms with Crippen LogP contribution in [-0.4, -0.2) is 72.3 Å². The Balaban J connectivity index is 2.57. The molecular formula is C16H29N3O5. The van der Waals surface area contributed by atoms with Crippen LogP contribution in [0, 0.1) is 0 Å². The Labute approximate surface area is 143 Å². The van der Waals surface area contributed by atoms with Gasteiger partial charge in [0, 0.05) is 26.2 Å². The van der Waals surface area contributed by atoms with Crippen molar-refractivity contribution in [3.05, 3.63) is 0 Å². The van der Waals surface area contributed by atoms with Gasteiger partial charge >= 0.3 is 18.1 Å². The fourth-order valence-corrected chi connectivity index (χ4v) is 2.47. The maximum Gasteiger partial charge on any atom is 0.410 e. The van der Waals surface area contributed by atoms with Crippen LogP contribution < -0.4 is 5.32 Å². The minimum atomic E-state index is -0.560. The molecule has 0 radical (unpaired) electrons. The molecule has 1 saturated heterocycles. The maximum atomic E-state index is 12.3. The van der Waals surface area contributed by atoms with Crippen LogP contribution in [-0.2, 0) is 14.3 Å². The van der Waals surface area contributed by atoms with Crippen LogP contribution in [0.4, 0.5) is 9.59 Å². The fraction of sp³-hybridized carbons (Fsp3) is 0.812. The molecule has 1 aliphatic heterocycles. The molecule has 0 atom stereocenters. The summed E-state index contributed by atoms with van der Waals surface area (Å²) in [6.45, 7) is 10.7. The molecule has 138 valence electrons. The van der Waals surface area contributed by atoms with Gasteiger partial charge in [-0.25, -0.2) is 9.59 Å². The summed E-state index contributed by atoms with van der Waals surface area (Å²) in [5.41, 5.74) is -1.10. The first kappa shape index (κ1) is 20.1. The molecule has 0 aromatic rings. The number of hydrogen-bond donors (Lipinski definition) is 1. The van der Waals surface area contributed by atoms with E-state index in [1.54, 1.807) is 9.80 Å². The van der Waals surface area contributed by atoms with E-state index in [1.165, 1.54) is 7.11 Å². The average Bonchev–Trinajstić information content (AvgIpc) is 2.43. The van der Waals surface area contributed by atoms with E-state index in [0.29, 0.717) is 19.6 Å². The van der Waals surface area contributed by atoms with Crippen LogP contribution in [0.25, 0.3) is 0 Å². The number of piperazine rings is 1. The SMILES string of the molecule is COC(=O)CCNC(=O)N1CCN(C(=O)OC(C)(C)C)C(C)(C)C1. The van der Waals surface area contributed by atoms with E-state index in [9.17, 15) is 14.4 Å². The molecule has 0 unspecified atom stereocenters. The van der Waals surface area contributed by atoms with Gasteiger partial charge in [0.15, 0.2) is 0 Å². The van der Waals surface area contributed by atoms with Crippen molar-refractivity contribution in [1.82, 2.24) is 15.1 Å². The van der Waals surface area contributed by atoms with Crippen molar-refractivity contribution in [2.75, 3.05) is 33.3 Å². The van der Waals surface area contributed by atoms with Crippen molar-refractivity contribution in [1.29, 1.82) is 0 Å². The highest BCUT2D eigenvalue weighted by Gasteiger charge is 2.40.